The van der Waals surface area contributed by atoms with Crippen molar-refractivity contribution in [1.29, 1.82) is 0 Å². The van der Waals surface area contributed by atoms with Crippen LogP contribution in [-0.2, 0) is 27.3 Å². The van der Waals surface area contributed by atoms with Gasteiger partial charge in [-0.1, -0.05) is 24.3 Å². The number of nitrogens with one attached hydrogen (secondary N) is 2. The summed E-state index contributed by atoms with van der Waals surface area (Å²) in [7, 11) is 0. The second-order valence-electron chi connectivity index (χ2n) is 7.94. The van der Waals surface area contributed by atoms with Crippen LogP contribution in [0.4, 0.5) is 0 Å². The predicted molar refractivity (Wildman–Crippen MR) is 115 cm³/mol. The van der Waals surface area contributed by atoms with Crippen LogP contribution in [0.2, 0.25) is 0 Å². The lowest BCUT2D eigenvalue weighted by atomic mass is 9.98. The number of nitrogens with zero attached hydrogens (tertiary/aromatic N) is 2. The summed E-state index contributed by atoms with van der Waals surface area (Å²) in [6, 6.07) is 12.1. The van der Waals surface area contributed by atoms with Crippen molar-refractivity contribution in [2.45, 2.75) is 19.0 Å². The number of furan rings is 1. The number of hydrogen-bond acceptors (Lipinski definition) is 6. The highest BCUT2D eigenvalue weighted by Crippen LogP contribution is 2.27. The Morgan fingerprint density at radius 2 is 1.74 bits per heavy atom. The van der Waals surface area contributed by atoms with E-state index >= 15 is 0 Å². The van der Waals surface area contributed by atoms with Gasteiger partial charge in [-0.15, -0.1) is 0 Å². The average molecular weight is 427 g/mol. The molecular weight excluding hydrogens is 396 g/mol. The van der Waals surface area contributed by atoms with Crippen molar-refractivity contribution < 1.29 is 18.7 Å². The molecule has 0 spiro atoms. The van der Waals surface area contributed by atoms with Crippen LogP contribution in [0.1, 0.15) is 22.9 Å². The number of amides is 2. The van der Waals surface area contributed by atoms with Crippen molar-refractivity contribution in [1.82, 2.24) is 20.4 Å². The Labute approximate surface area is 182 Å². The molecule has 2 aliphatic heterocycles. The molecule has 3 heterocycles. The van der Waals surface area contributed by atoms with Crippen molar-refractivity contribution in [3.8, 4) is 0 Å². The lowest BCUT2D eigenvalue weighted by Crippen LogP contribution is -2.47. The Hall–Kier alpha value is -2.68. The monoisotopic (exact) mass is 426 g/mol. The van der Waals surface area contributed by atoms with Crippen LogP contribution in [0.25, 0.3) is 0 Å². The highest BCUT2D eigenvalue weighted by atomic mass is 16.5. The summed E-state index contributed by atoms with van der Waals surface area (Å²) >= 11 is 0. The summed E-state index contributed by atoms with van der Waals surface area (Å²) in [6.45, 7) is 6.24. The van der Waals surface area contributed by atoms with Gasteiger partial charge in [-0.3, -0.25) is 19.4 Å². The summed E-state index contributed by atoms with van der Waals surface area (Å²) in [6.07, 6.45) is 2.59. The van der Waals surface area contributed by atoms with E-state index in [9.17, 15) is 9.59 Å². The molecule has 4 rings (SSSR count). The van der Waals surface area contributed by atoms with Gasteiger partial charge in [0.05, 0.1) is 25.5 Å². The molecule has 8 heteroatoms. The zero-order valence-corrected chi connectivity index (χ0v) is 17.7. The topological polar surface area (TPSA) is 87.0 Å². The summed E-state index contributed by atoms with van der Waals surface area (Å²) in [5.41, 5.74) is 2.65. The number of morpholine rings is 1. The van der Waals surface area contributed by atoms with E-state index in [1.807, 2.05) is 18.2 Å². The van der Waals surface area contributed by atoms with Gasteiger partial charge < -0.3 is 19.8 Å². The van der Waals surface area contributed by atoms with Gasteiger partial charge in [0.2, 0.25) is 0 Å². The first-order valence-electron chi connectivity index (χ1n) is 10.9. The summed E-state index contributed by atoms with van der Waals surface area (Å²) in [5.74, 6) is -0.432. The van der Waals surface area contributed by atoms with E-state index in [1.165, 1.54) is 11.1 Å². The van der Waals surface area contributed by atoms with Crippen LogP contribution in [-0.4, -0.2) is 74.1 Å². The molecule has 0 unspecified atom stereocenters. The van der Waals surface area contributed by atoms with Crippen LogP contribution in [0.15, 0.2) is 47.1 Å². The third kappa shape index (κ3) is 5.72. The fourth-order valence-corrected chi connectivity index (χ4v) is 4.18. The molecular formula is C23H30N4O4. The number of carbonyl (C=O) groups excluding carboxylic acids is 2. The van der Waals surface area contributed by atoms with Gasteiger partial charge in [0.1, 0.15) is 5.76 Å². The first-order chi connectivity index (χ1) is 15.2. The quantitative estimate of drug-likeness (QED) is 0.641. The summed E-state index contributed by atoms with van der Waals surface area (Å²) in [4.78, 5) is 29.1. The van der Waals surface area contributed by atoms with Crippen LogP contribution in [0.3, 0.4) is 0 Å². The number of hydrogen-bond donors (Lipinski definition) is 2. The maximum atomic E-state index is 12.4. The molecule has 1 fully saturated rings. The molecule has 1 atom stereocenters. The van der Waals surface area contributed by atoms with E-state index in [1.54, 1.807) is 6.26 Å². The Morgan fingerprint density at radius 3 is 2.52 bits per heavy atom. The van der Waals surface area contributed by atoms with Gasteiger partial charge in [0.25, 0.3) is 0 Å². The molecule has 1 aromatic carbocycles. The number of fused-ring (bicyclic) bond motifs is 1. The normalized spacial score (nSPS) is 18.2. The highest BCUT2D eigenvalue weighted by Gasteiger charge is 2.27. The van der Waals surface area contributed by atoms with Gasteiger partial charge in [0.15, 0.2) is 0 Å². The van der Waals surface area contributed by atoms with Gasteiger partial charge >= 0.3 is 11.8 Å². The number of benzene rings is 1. The maximum Gasteiger partial charge on any atom is 0.309 e. The zero-order chi connectivity index (χ0) is 21.5. The molecule has 1 saturated heterocycles. The average Bonchev–Trinajstić information content (AvgIpc) is 3.34. The minimum atomic E-state index is -0.615. The smallest absolute Gasteiger partial charge is 0.309 e. The third-order valence-electron chi connectivity index (χ3n) is 5.95. The van der Waals surface area contributed by atoms with Crippen LogP contribution < -0.4 is 10.6 Å². The fraction of sp³-hybridized carbons (Fsp3) is 0.478. The third-order valence-corrected chi connectivity index (χ3v) is 5.95. The molecule has 0 aliphatic carbocycles. The van der Waals surface area contributed by atoms with E-state index in [0.717, 1.165) is 38.4 Å². The van der Waals surface area contributed by atoms with E-state index in [4.69, 9.17) is 9.15 Å². The van der Waals surface area contributed by atoms with Crippen molar-refractivity contribution in [3.05, 3.63) is 59.5 Å². The van der Waals surface area contributed by atoms with Gasteiger partial charge in [-0.25, -0.2) is 0 Å². The van der Waals surface area contributed by atoms with Gasteiger partial charge in [0, 0.05) is 45.8 Å². The summed E-state index contributed by atoms with van der Waals surface area (Å²) < 4.78 is 11.0. The van der Waals surface area contributed by atoms with E-state index < -0.39 is 11.8 Å². The Kier molecular flexibility index (Phi) is 7.35. The molecule has 2 aliphatic rings. The second kappa shape index (κ2) is 10.6. The van der Waals surface area contributed by atoms with Crippen LogP contribution >= 0.6 is 0 Å². The lowest BCUT2D eigenvalue weighted by Gasteiger charge is -2.34. The Bertz CT molecular complexity index is 864. The van der Waals surface area contributed by atoms with Gasteiger partial charge in [-0.2, -0.15) is 0 Å². The van der Waals surface area contributed by atoms with E-state index in [0.29, 0.717) is 32.8 Å². The van der Waals surface area contributed by atoms with Crippen LogP contribution in [0.5, 0.6) is 0 Å². The lowest BCUT2D eigenvalue weighted by molar-refractivity contribution is -0.139. The molecule has 0 saturated carbocycles. The number of rotatable bonds is 7. The maximum absolute atomic E-state index is 12.4. The van der Waals surface area contributed by atoms with E-state index in [2.05, 4.69) is 38.6 Å². The molecule has 166 valence electrons. The van der Waals surface area contributed by atoms with Crippen molar-refractivity contribution in [2.75, 3.05) is 52.5 Å². The Balaban J connectivity index is 1.29. The first-order valence-corrected chi connectivity index (χ1v) is 10.9. The number of ether oxygens (including phenoxy) is 1. The van der Waals surface area contributed by atoms with Crippen molar-refractivity contribution >= 4 is 11.8 Å². The molecule has 2 N–H and O–H groups in total. The molecule has 2 aromatic rings. The standard InChI is InChI=1S/C23H30N4O4/c28-22(24-8-10-26-11-14-30-15-12-26)23(29)25-16-20(21-6-3-13-31-21)27-9-7-18-4-1-2-5-19(18)17-27/h1-6,13,20H,7-12,14-17H2,(H,24,28)(H,25,29)/t20-/m1/s1. The predicted octanol–water partition coefficient (Wildman–Crippen LogP) is 0.944. The Morgan fingerprint density at radius 1 is 0.968 bits per heavy atom. The molecule has 8 nitrogen and oxygen atoms in total. The zero-order valence-electron chi connectivity index (χ0n) is 17.7. The molecule has 1 aromatic heterocycles. The molecule has 0 radical (unpaired) electrons. The van der Waals surface area contributed by atoms with Crippen molar-refractivity contribution in [2.24, 2.45) is 0 Å². The van der Waals surface area contributed by atoms with Gasteiger partial charge in [-0.05, 0) is 29.7 Å². The highest BCUT2D eigenvalue weighted by molar-refractivity contribution is 6.35. The SMILES string of the molecule is O=C(NCCN1CCOCC1)C(=O)NC[C@H](c1ccco1)N1CCc2ccccc2C1. The fourth-order valence-electron chi connectivity index (χ4n) is 4.18. The molecule has 0 bridgehead atoms. The molecule has 2 amide bonds. The number of carbonyl (C=O) groups is 2. The van der Waals surface area contributed by atoms with E-state index in [-0.39, 0.29) is 6.04 Å². The second-order valence-corrected chi connectivity index (χ2v) is 7.94. The summed E-state index contributed by atoms with van der Waals surface area (Å²) in [5, 5.41) is 5.50. The minimum Gasteiger partial charge on any atom is -0.468 e. The van der Waals surface area contributed by atoms with Crippen molar-refractivity contribution in [3.63, 3.8) is 0 Å². The van der Waals surface area contributed by atoms with Crippen LogP contribution in [0, 0.1) is 0 Å². The minimum absolute atomic E-state index is 0.131. The molecule has 31 heavy (non-hydrogen) atoms. The first kappa shape index (κ1) is 21.5. The largest absolute Gasteiger partial charge is 0.468 e.